The van der Waals surface area contributed by atoms with Crippen molar-refractivity contribution in [2.24, 2.45) is 4.99 Å². The topological polar surface area (TPSA) is 71.7 Å². The molecular formula is C21H33IN4O2. The van der Waals surface area contributed by atoms with Gasteiger partial charge < -0.3 is 19.8 Å². The molecule has 0 fully saturated rings. The van der Waals surface area contributed by atoms with Crippen LogP contribution in [0.2, 0.25) is 0 Å². The third-order valence-corrected chi connectivity index (χ3v) is 4.27. The van der Waals surface area contributed by atoms with Crippen molar-refractivity contribution < 1.29 is 9.15 Å². The predicted molar refractivity (Wildman–Crippen MR) is 125 cm³/mol. The molecule has 2 aromatic rings. The first-order valence-corrected chi connectivity index (χ1v) is 9.45. The van der Waals surface area contributed by atoms with Gasteiger partial charge >= 0.3 is 0 Å². The first-order chi connectivity index (χ1) is 12.9. The van der Waals surface area contributed by atoms with E-state index in [9.17, 15) is 0 Å². The maximum absolute atomic E-state index is 5.79. The van der Waals surface area contributed by atoms with Crippen molar-refractivity contribution >= 4 is 29.9 Å². The van der Waals surface area contributed by atoms with Crippen LogP contribution < -0.4 is 15.4 Å². The quantitative estimate of drug-likeness (QED) is 0.245. The van der Waals surface area contributed by atoms with E-state index in [0.29, 0.717) is 12.4 Å². The molecule has 7 heteroatoms. The van der Waals surface area contributed by atoms with Crippen LogP contribution in [-0.4, -0.2) is 31.6 Å². The van der Waals surface area contributed by atoms with Crippen molar-refractivity contribution in [1.29, 1.82) is 0 Å². The summed E-state index contributed by atoms with van der Waals surface area (Å²) in [6.45, 7) is 7.71. The van der Waals surface area contributed by atoms with E-state index >= 15 is 0 Å². The highest BCUT2D eigenvalue weighted by Crippen LogP contribution is 2.22. The molecule has 0 unspecified atom stereocenters. The first-order valence-electron chi connectivity index (χ1n) is 9.45. The molecule has 0 saturated heterocycles. The average Bonchev–Trinajstić information content (AvgIpc) is 3.14. The summed E-state index contributed by atoms with van der Waals surface area (Å²) in [6.07, 6.45) is 5.04. The van der Waals surface area contributed by atoms with E-state index in [2.05, 4.69) is 53.5 Å². The molecule has 1 heterocycles. The number of halogens is 1. The molecule has 2 N–H and O–H groups in total. The van der Waals surface area contributed by atoms with Crippen LogP contribution in [0.1, 0.15) is 50.8 Å². The van der Waals surface area contributed by atoms with E-state index in [4.69, 9.17) is 9.15 Å². The molecule has 1 aromatic heterocycles. The van der Waals surface area contributed by atoms with Gasteiger partial charge in [-0.3, -0.25) is 4.99 Å². The minimum absolute atomic E-state index is 0. The van der Waals surface area contributed by atoms with E-state index < -0.39 is 0 Å². The lowest BCUT2D eigenvalue weighted by atomic mass is 9.94. The molecule has 0 aliphatic heterocycles. The van der Waals surface area contributed by atoms with Gasteiger partial charge in [0, 0.05) is 19.0 Å². The van der Waals surface area contributed by atoms with Gasteiger partial charge in [-0.1, -0.05) is 32.9 Å². The lowest BCUT2D eigenvalue weighted by molar-refractivity contribution is 0.379. The Morgan fingerprint density at radius 3 is 2.43 bits per heavy atom. The number of hydrogen-bond acceptors (Lipinski definition) is 4. The molecule has 1 aromatic carbocycles. The van der Waals surface area contributed by atoms with E-state index in [1.54, 1.807) is 20.4 Å². The van der Waals surface area contributed by atoms with Gasteiger partial charge in [0.2, 0.25) is 5.89 Å². The van der Waals surface area contributed by atoms with Crippen molar-refractivity contribution in [2.45, 2.75) is 52.0 Å². The molecule has 0 atom stereocenters. The van der Waals surface area contributed by atoms with Crippen LogP contribution in [0.3, 0.4) is 0 Å². The third-order valence-electron chi connectivity index (χ3n) is 4.27. The Balaban J connectivity index is 0.00000392. The molecule has 0 radical (unpaired) electrons. The van der Waals surface area contributed by atoms with Crippen molar-refractivity contribution in [1.82, 2.24) is 15.6 Å². The fourth-order valence-electron chi connectivity index (χ4n) is 2.57. The van der Waals surface area contributed by atoms with E-state index in [1.165, 1.54) is 5.56 Å². The number of guanidine groups is 1. The van der Waals surface area contributed by atoms with Crippen LogP contribution in [0.4, 0.5) is 0 Å². The van der Waals surface area contributed by atoms with Crippen molar-refractivity contribution in [3.63, 3.8) is 0 Å². The summed E-state index contributed by atoms with van der Waals surface area (Å²) in [5, 5.41) is 6.57. The Hall–Kier alpha value is -1.77. The van der Waals surface area contributed by atoms with Crippen LogP contribution in [0.5, 0.6) is 5.75 Å². The molecule has 0 spiro atoms. The zero-order chi connectivity index (χ0) is 19.7. The summed E-state index contributed by atoms with van der Waals surface area (Å²) in [5.74, 6) is 3.22. The van der Waals surface area contributed by atoms with E-state index in [1.807, 2.05) is 12.1 Å². The molecule has 0 aliphatic carbocycles. The Morgan fingerprint density at radius 1 is 1.14 bits per heavy atom. The molecule has 0 aliphatic rings. The van der Waals surface area contributed by atoms with Gasteiger partial charge in [0.25, 0.3) is 0 Å². The second-order valence-corrected chi connectivity index (χ2v) is 7.53. The SMILES string of the molecule is CN=C(NCCCCc1ccc(OC)cc1)NCc1ncc(C(C)(C)C)o1.I. The molecule has 0 bridgehead atoms. The van der Waals surface area contributed by atoms with Crippen molar-refractivity contribution in [2.75, 3.05) is 20.7 Å². The van der Waals surface area contributed by atoms with Crippen molar-refractivity contribution in [3.8, 4) is 5.75 Å². The molecule has 156 valence electrons. The highest BCUT2D eigenvalue weighted by Gasteiger charge is 2.19. The van der Waals surface area contributed by atoms with Gasteiger partial charge in [-0.2, -0.15) is 0 Å². The number of aliphatic imine (C=N–C) groups is 1. The van der Waals surface area contributed by atoms with Crippen LogP contribution in [0, 0.1) is 0 Å². The van der Waals surface area contributed by atoms with Crippen LogP contribution >= 0.6 is 24.0 Å². The number of aryl methyl sites for hydroxylation is 1. The lowest BCUT2D eigenvalue weighted by Crippen LogP contribution is -2.37. The molecule has 28 heavy (non-hydrogen) atoms. The number of aromatic nitrogens is 1. The number of oxazole rings is 1. The largest absolute Gasteiger partial charge is 0.497 e. The monoisotopic (exact) mass is 500 g/mol. The lowest BCUT2D eigenvalue weighted by Gasteiger charge is -2.13. The van der Waals surface area contributed by atoms with Crippen LogP contribution in [-0.2, 0) is 18.4 Å². The minimum atomic E-state index is -0.0327. The summed E-state index contributed by atoms with van der Waals surface area (Å²) < 4.78 is 11.0. The van der Waals surface area contributed by atoms with Gasteiger partial charge in [0.15, 0.2) is 5.96 Å². The summed E-state index contributed by atoms with van der Waals surface area (Å²) in [4.78, 5) is 8.57. The summed E-state index contributed by atoms with van der Waals surface area (Å²) in [7, 11) is 3.45. The third kappa shape index (κ3) is 8.08. The summed E-state index contributed by atoms with van der Waals surface area (Å²) in [6, 6.07) is 8.25. The molecule has 0 amide bonds. The van der Waals surface area contributed by atoms with Gasteiger partial charge in [-0.15, -0.1) is 24.0 Å². The fourth-order valence-corrected chi connectivity index (χ4v) is 2.57. The first kappa shape index (κ1) is 24.3. The van der Waals surface area contributed by atoms with Crippen molar-refractivity contribution in [3.05, 3.63) is 47.7 Å². The van der Waals surface area contributed by atoms with Crippen LogP contribution in [0.25, 0.3) is 0 Å². The Kier molecular flexibility index (Phi) is 10.3. The number of methoxy groups -OCH3 is 1. The normalized spacial score (nSPS) is 11.7. The average molecular weight is 500 g/mol. The fraction of sp³-hybridized carbons (Fsp3) is 0.524. The number of ether oxygens (including phenoxy) is 1. The second-order valence-electron chi connectivity index (χ2n) is 7.53. The van der Waals surface area contributed by atoms with Crippen LogP contribution in [0.15, 0.2) is 39.9 Å². The molecular weight excluding hydrogens is 467 g/mol. The zero-order valence-corrected chi connectivity index (χ0v) is 19.9. The molecule has 0 saturated carbocycles. The van der Waals surface area contributed by atoms with Gasteiger partial charge in [0.1, 0.15) is 11.5 Å². The number of rotatable bonds is 8. The zero-order valence-electron chi connectivity index (χ0n) is 17.5. The van der Waals surface area contributed by atoms with E-state index in [0.717, 1.165) is 43.3 Å². The summed E-state index contributed by atoms with van der Waals surface area (Å²) >= 11 is 0. The molecule has 6 nitrogen and oxygen atoms in total. The smallest absolute Gasteiger partial charge is 0.213 e. The van der Waals surface area contributed by atoms with Gasteiger partial charge in [0.05, 0.1) is 19.9 Å². The Labute approximate surface area is 185 Å². The maximum Gasteiger partial charge on any atom is 0.213 e. The number of unbranched alkanes of at least 4 members (excludes halogenated alkanes) is 1. The van der Waals surface area contributed by atoms with Gasteiger partial charge in [-0.05, 0) is 37.0 Å². The number of hydrogen-bond donors (Lipinski definition) is 2. The van der Waals surface area contributed by atoms with E-state index in [-0.39, 0.29) is 29.4 Å². The standard InChI is InChI=1S/C21H32N4O2.HI/c1-21(2,3)18-14-24-19(27-18)15-25-20(22-4)23-13-7-6-8-16-9-11-17(26-5)12-10-16;/h9-12,14H,6-8,13,15H2,1-5H3,(H2,22,23,25);1H. The number of nitrogens with one attached hydrogen (secondary N) is 2. The molecule has 2 rings (SSSR count). The van der Waals surface area contributed by atoms with Gasteiger partial charge in [-0.25, -0.2) is 4.98 Å². The summed E-state index contributed by atoms with van der Waals surface area (Å²) in [5.41, 5.74) is 1.30. The minimum Gasteiger partial charge on any atom is -0.497 e. The second kappa shape index (κ2) is 11.9. The predicted octanol–water partition coefficient (Wildman–Crippen LogP) is 4.29. The Morgan fingerprint density at radius 2 is 1.86 bits per heavy atom. The number of benzene rings is 1. The Bertz CT molecular complexity index is 721. The highest BCUT2D eigenvalue weighted by atomic mass is 127. The number of nitrogens with zero attached hydrogens (tertiary/aromatic N) is 2. The highest BCUT2D eigenvalue weighted by molar-refractivity contribution is 14.0. The maximum atomic E-state index is 5.79.